The van der Waals surface area contributed by atoms with Crippen LogP contribution in [0, 0.1) is 0 Å². The number of anilines is 2. The van der Waals surface area contributed by atoms with Gasteiger partial charge in [-0.3, -0.25) is 5.43 Å². The summed E-state index contributed by atoms with van der Waals surface area (Å²) in [5, 5.41) is 6.78. The zero-order chi connectivity index (χ0) is 18.6. The van der Waals surface area contributed by atoms with E-state index in [0.717, 1.165) is 23.8 Å². The van der Waals surface area contributed by atoms with Crippen LogP contribution in [0.1, 0.15) is 18.1 Å². The van der Waals surface area contributed by atoms with Gasteiger partial charge in [-0.2, -0.15) is 18.3 Å². The standard InChI is InChI=1S/C16H14ClF3N4S/c1-9(10-3-2-4-12(21)7-10)23-24-15(25)22-14-8-11(16(18,19)20)5-6-13(14)17/h2-8H,21H2,1H3,(H2,22,24,25)/b23-9+. The van der Waals surface area contributed by atoms with Crippen LogP contribution in [0.25, 0.3) is 0 Å². The van der Waals surface area contributed by atoms with Gasteiger partial charge < -0.3 is 11.1 Å². The van der Waals surface area contributed by atoms with E-state index in [-0.39, 0.29) is 15.8 Å². The first-order chi connectivity index (χ1) is 11.7. The molecule has 4 nitrogen and oxygen atoms in total. The molecular formula is C16H14ClF3N4S. The molecule has 9 heteroatoms. The molecule has 0 fully saturated rings. The summed E-state index contributed by atoms with van der Waals surface area (Å²) in [5.41, 5.74) is 9.44. The molecule has 0 bridgehead atoms. The predicted octanol–water partition coefficient (Wildman–Crippen LogP) is 4.65. The second-order valence-corrected chi connectivity index (χ2v) is 5.90. The average molecular weight is 387 g/mol. The normalized spacial score (nSPS) is 12.0. The fraction of sp³-hybridized carbons (Fsp3) is 0.125. The van der Waals surface area contributed by atoms with E-state index < -0.39 is 11.7 Å². The van der Waals surface area contributed by atoms with Crippen molar-refractivity contribution < 1.29 is 13.2 Å². The van der Waals surface area contributed by atoms with Gasteiger partial charge in [-0.1, -0.05) is 23.7 Å². The van der Waals surface area contributed by atoms with Crippen LogP contribution in [0.4, 0.5) is 24.5 Å². The summed E-state index contributed by atoms with van der Waals surface area (Å²) in [5.74, 6) is 0. The zero-order valence-corrected chi connectivity index (χ0v) is 14.6. The number of benzene rings is 2. The fourth-order valence-corrected chi connectivity index (χ4v) is 2.23. The van der Waals surface area contributed by atoms with Crippen molar-refractivity contribution in [2.45, 2.75) is 13.1 Å². The van der Waals surface area contributed by atoms with E-state index in [4.69, 9.17) is 29.6 Å². The van der Waals surface area contributed by atoms with Gasteiger partial charge in [0.25, 0.3) is 0 Å². The molecule has 4 N–H and O–H groups in total. The molecular weight excluding hydrogens is 373 g/mol. The number of thiocarbonyl (C=S) groups is 1. The first kappa shape index (κ1) is 19.0. The molecule has 0 saturated carbocycles. The molecule has 0 heterocycles. The topological polar surface area (TPSA) is 62.4 Å². The molecule has 0 spiro atoms. The molecule has 25 heavy (non-hydrogen) atoms. The first-order valence-electron chi connectivity index (χ1n) is 7.01. The Kier molecular flexibility index (Phi) is 5.86. The highest BCUT2D eigenvalue weighted by molar-refractivity contribution is 7.80. The molecule has 0 saturated heterocycles. The summed E-state index contributed by atoms with van der Waals surface area (Å²) in [7, 11) is 0. The number of hydrogen-bond donors (Lipinski definition) is 3. The van der Waals surface area contributed by atoms with Gasteiger partial charge in [0.05, 0.1) is 22.0 Å². The van der Waals surface area contributed by atoms with E-state index in [1.807, 2.05) is 6.07 Å². The second kappa shape index (κ2) is 7.71. The maximum Gasteiger partial charge on any atom is 0.416 e. The van der Waals surface area contributed by atoms with Crippen LogP contribution in [0.3, 0.4) is 0 Å². The summed E-state index contributed by atoms with van der Waals surface area (Å²) < 4.78 is 38.3. The van der Waals surface area contributed by atoms with Gasteiger partial charge in [-0.15, -0.1) is 0 Å². The van der Waals surface area contributed by atoms with Crippen molar-refractivity contribution in [1.82, 2.24) is 5.43 Å². The fourth-order valence-electron chi connectivity index (χ4n) is 1.91. The molecule has 0 aliphatic heterocycles. The Balaban J connectivity index is 2.09. The number of alkyl halides is 3. The number of rotatable bonds is 3. The third kappa shape index (κ3) is 5.33. The number of nitrogens with zero attached hydrogens (tertiary/aromatic N) is 1. The van der Waals surface area contributed by atoms with E-state index in [1.165, 1.54) is 0 Å². The lowest BCUT2D eigenvalue weighted by Crippen LogP contribution is -2.25. The minimum absolute atomic E-state index is 0.00415. The number of nitrogen functional groups attached to an aromatic ring is 1. The van der Waals surface area contributed by atoms with Crippen LogP contribution in [0.5, 0.6) is 0 Å². The van der Waals surface area contributed by atoms with E-state index in [9.17, 15) is 13.2 Å². The second-order valence-electron chi connectivity index (χ2n) is 5.08. The van der Waals surface area contributed by atoms with Gasteiger partial charge in [0, 0.05) is 5.69 Å². The summed E-state index contributed by atoms with van der Waals surface area (Å²) >= 11 is 10.9. The smallest absolute Gasteiger partial charge is 0.399 e. The lowest BCUT2D eigenvalue weighted by molar-refractivity contribution is -0.137. The van der Waals surface area contributed by atoms with Gasteiger partial charge in [-0.25, -0.2) is 0 Å². The van der Waals surface area contributed by atoms with E-state index in [2.05, 4.69) is 15.8 Å². The lowest BCUT2D eigenvalue weighted by atomic mass is 10.1. The van der Waals surface area contributed by atoms with Crippen LogP contribution >= 0.6 is 23.8 Å². The van der Waals surface area contributed by atoms with E-state index in [1.54, 1.807) is 25.1 Å². The summed E-state index contributed by atoms with van der Waals surface area (Å²) in [4.78, 5) is 0. The van der Waals surface area contributed by atoms with Gasteiger partial charge in [-0.05, 0) is 55.0 Å². The minimum Gasteiger partial charge on any atom is -0.399 e. The molecule has 0 aliphatic carbocycles. The zero-order valence-electron chi connectivity index (χ0n) is 13.0. The van der Waals surface area contributed by atoms with Crippen LogP contribution in [0.2, 0.25) is 5.02 Å². The van der Waals surface area contributed by atoms with E-state index >= 15 is 0 Å². The molecule has 0 amide bonds. The number of nitrogens with two attached hydrogens (primary N) is 1. The number of hydrogen-bond acceptors (Lipinski definition) is 3. The Hall–Kier alpha value is -2.32. The van der Waals surface area contributed by atoms with Crippen molar-refractivity contribution >= 4 is 46.0 Å². The number of halogens is 4. The Morgan fingerprint density at radius 1 is 1.20 bits per heavy atom. The maximum absolute atomic E-state index is 12.8. The average Bonchev–Trinajstić information content (AvgIpc) is 2.53. The van der Waals surface area contributed by atoms with Crippen molar-refractivity contribution in [2.75, 3.05) is 11.1 Å². The van der Waals surface area contributed by atoms with Crippen LogP contribution in [-0.2, 0) is 6.18 Å². The Morgan fingerprint density at radius 3 is 2.56 bits per heavy atom. The molecule has 2 aromatic rings. The molecule has 0 unspecified atom stereocenters. The monoisotopic (exact) mass is 386 g/mol. The highest BCUT2D eigenvalue weighted by Crippen LogP contribution is 2.33. The third-order valence-corrected chi connectivity index (χ3v) is 3.69. The van der Waals surface area contributed by atoms with Crippen molar-refractivity contribution in [1.29, 1.82) is 0 Å². The molecule has 2 aromatic carbocycles. The summed E-state index contributed by atoms with van der Waals surface area (Å²) in [6.45, 7) is 1.74. The first-order valence-corrected chi connectivity index (χ1v) is 7.79. The number of hydrazone groups is 1. The summed E-state index contributed by atoms with van der Waals surface area (Å²) in [6, 6.07) is 10.00. The molecule has 0 atom stereocenters. The summed E-state index contributed by atoms with van der Waals surface area (Å²) in [6.07, 6.45) is -4.47. The van der Waals surface area contributed by atoms with Crippen molar-refractivity contribution in [3.63, 3.8) is 0 Å². The highest BCUT2D eigenvalue weighted by atomic mass is 35.5. The van der Waals surface area contributed by atoms with Crippen LogP contribution in [-0.4, -0.2) is 10.8 Å². The Morgan fingerprint density at radius 2 is 1.92 bits per heavy atom. The molecule has 2 rings (SSSR count). The van der Waals surface area contributed by atoms with Crippen molar-refractivity contribution in [2.24, 2.45) is 5.10 Å². The van der Waals surface area contributed by atoms with Gasteiger partial charge in [0.1, 0.15) is 0 Å². The van der Waals surface area contributed by atoms with Crippen molar-refractivity contribution in [3.8, 4) is 0 Å². The number of nitrogens with one attached hydrogen (secondary N) is 2. The van der Waals surface area contributed by atoms with E-state index in [0.29, 0.717) is 11.4 Å². The van der Waals surface area contributed by atoms with Crippen LogP contribution < -0.4 is 16.5 Å². The largest absolute Gasteiger partial charge is 0.416 e. The van der Waals surface area contributed by atoms with Crippen molar-refractivity contribution in [3.05, 3.63) is 58.6 Å². The van der Waals surface area contributed by atoms with Gasteiger partial charge in [0.2, 0.25) is 0 Å². The highest BCUT2D eigenvalue weighted by Gasteiger charge is 2.31. The van der Waals surface area contributed by atoms with Gasteiger partial charge >= 0.3 is 6.18 Å². The van der Waals surface area contributed by atoms with Gasteiger partial charge in [0.15, 0.2) is 5.11 Å². The molecule has 0 aromatic heterocycles. The lowest BCUT2D eigenvalue weighted by Gasteiger charge is -2.13. The molecule has 0 radical (unpaired) electrons. The quantitative estimate of drug-likeness (QED) is 0.311. The minimum atomic E-state index is -4.47. The van der Waals surface area contributed by atoms with Crippen LogP contribution in [0.15, 0.2) is 47.6 Å². The maximum atomic E-state index is 12.8. The Labute approximate surface area is 152 Å². The molecule has 0 aliphatic rings. The Bertz CT molecular complexity index is 821. The molecule has 132 valence electrons. The SMILES string of the molecule is C/C(=N\NC(=S)Nc1cc(C(F)(F)F)ccc1Cl)c1cccc(N)c1. The third-order valence-electron chi connectivity index (χ3n) is 3.17. The predicted molar refractivity (Wildman–Crippen MR) is 98.9 cm³/mol.